The van der Waals surface area contributed by atoms with Gasteiger partial charge in [0.05, 0.1) is 0 Å². The molecule has 1 amide bonds. The van der Waals surface area contributed by atoms with Crippen molar-refractivity contribution in [2.45, 2.75) is 12.5 Å². The van der Waals surface area contributed by atoms with Gasteiger partial charge in [0, 0.05) is 36.4 Å². The van der Waals surface area contributed by atoms with E-state index in [4.69, 9.17) is 11.6 Å². The molecule has 2 aromatic rings. The molecule has 0 spiro atoms. The van der Waals surface area contributed by atoms with Crippen LogP contribution in [0, 0.1) is 5.92 Å². The Morgan fingerprint density at radius 1 is 1.30 bits per heavy atom. The Bertz CT molecular complexity index is 681. The lowest BCUT2D eigenvalue weighted by molar-refractivity contribution is 0.0924. The first-order chi connectivity index (χ1) is 9.70. The summed E-state index contributed by atoms with van der Waals surface area (Å²) in [6, 6.07) is 7.77. The maximum absolute atomic E-state index is 12.4. The number of carbonyl (C=O) groups excluding carboxylic acids is 1. The summed E-state index contributed by atoms with van der Waals surface area (Å²) >= 11 is 6.04. The molecule has 3 atom stereocenters. The second kappa shape index (κ2) is 4.50. The second-order valence-electron chi connectivity index (χ2n) is 5.75. The quantitative estimate of drug-likeness (QED) is 0.918. The molecule has 104 valence electrons. The number of aromatic nitrogens is 1. The van der Waals surface area contributed by atoms with Gasteiger partial charge in [-0.2, -0.15) is 0 Å². The summed E-state index contributed by atoms with van der Waals surface area (Å²) in [4.78, 5) is 14.8. The van der Waals surface area contributed by atoms with Crippen LogP contribution in [0.25, 0.3) is 5.52 Å². The molecule has 0 aromatic carbocycles. The Morgan fingerprint density at radius 2 is 2.20 bits per heavy atom. The molecule has 2 fully saturated rings. The molecule has 0 saturated carbocycles. The molecule has 1 N–H and O–H groups in total. The molecule has 4 rings (SSSR count). The highest BCUT2D eigenvalue weighted by molar-refractivity contribution is 6.30. The number of pyridine rings is 1. The van der Waals surface area contributed by atoms with Crippen molar-refractivity contribution in [1.29, 1.82) is 0 Å². The van der Waals surface area contributed by atoms with Crippen LogP contribution >= 0.6 is 11.6 Å². The molecule has 0 radical (unpaired) electrons. The minimum Gasteiger partial charge on any atom is -0.348 e. The number of carbonyl (C=O) groups is 1. The second-order valence-corrected chi connectivity index (χ2v) is 6.14. The summed E-state index contributed by atoms with van der Waals surface area (Å²) in [5.41, 5.74) is 1.64. The van der Waals surface area contributed by atoms with Crippen molar-refractivity contribution < 1.29 is 4.79 Å². The SMILES string of the molecule is O=C(NC1CN2CCC1C2)c1ccn2c(Cl)ccc2c1. The van der Waals surface area contributed by atoms with Crippen LogP contribution in [0.2, 0.25) is 5.15 Å². The standard InChI is InChI=1S/C15H16ClN3O/c16-14-2-1-12-7-10(4-6-19(12)14)15(20)17-13-9-18-5-3-11(13)8-18/h1-2,4,6-7,11,13H,3,5,8-9H2,(H,17,20). The summed E-state index contributed by atoms with van der Waals surface area (Å²) in [5.74, 6) is 0.647. The van der Waals surface area contributed by atoms with Crippen molar-refractivity contribution in [1.82, 2.24) is 14.6 Å². The van der Waals surface area contributed by atoms with Crippen molar-refractivity contribution >= 4 is 23.0 Å². The fourth-order valence-electron chi connectivity index (χ4n) is 3.42. The van der Waals surface area contributed by atoms with E-state index in [1.165, 1.54) is 13.0 Å². The van der Waals surface area contributed by atoms with Crippen LogP contribution in [0.1, 0.15) is 16.8 Å². The zero-order valence-electron chi connectivity index (χ0n) is 11.1. The first-order valence-electron chi connectivity index (χ1n) is 7.00. The van der Waals surface area contributed by atoms with Crippen LogP contribution in [0.3, 0.4) is 0 Å². The van der Waals surface area contributed by atoms with Crippen molar-refractivity contribution in [3.8, 4) is 0 Å². The Morgan fingerprint density at radius 3 is 2.95 bits per heavy atom. The van der Waals surface area contributed by atoms with E-state index in [-0.39, 0.29) is 5.91 Å². The Labute approximate surface area is 122 Å². The molecule has 5 heteroatoms. The van der Waals surface area contributed by atoms with Gasteiger partial charge in [-0.15, -0.1) is 0 Å². The minimum absolute atomic E-state index is 0.0172. The van der Waals surface area contributed by atoms with E-state index in [2.05, 4.69) is 10.2 Å². The van der Waals surface area contributed by atoms with Gasteiger partial charge in [0.2, 0.25) is 0 Å². The number of fused-ring (bicyclic) bond motifs is 3. The van der Waals surface area contributed by atoms with Crippen molar-refractivity contribution in [2.24, 2.45) is 5.92 Å². The highest BCUT2D eigenvalue weighted by atomic mass is 35.5. The van der Waals surface area contributed by atoms with Gasteiger partial charge in [-0.1, -0.05) is 11.6 Å². The van der Waals surface area contributed by atoms with Gasteiger partial charge < -0.3 is 14.6 Å². The summed E-state index contributed by atoms with van der Waals surface area (Å²) < 4.78 is 1.86. The number of nitrogens with one attached hydrogen (secondary N) is 1. The van der Waals surface area contributed by atoms with Gasteiger partial charge in [-0.05, 0) is 43.1 Å². The number of hydrogen-bond donors (Lipinski definition) is 1. The molecule has 2 bridgehead atoms. The molecule has 4 nitrogen and oxygen atoms in total. The smallest absolute Gasteiger partial charge is 0.251 e. The summed E-state index contributed by atoms with van der Waals surface area (Å²) in [6.45, 7) is 3.32. The molecule has 4 heterocycles. The Hall–Kier alpha value is -1.52. The average molecular weight is 290 g/mol. The van der Waals surface area contributed by atoms with E-state index in [0.29, 0.717) is 22.7 Å². The topological polar surface area (TPSA) is 36.8 Å². The van der Waals surface area contributed by atoms with Gasteiger partial charge in [-0.25, -0.2) is 0 Å². The molecule has 2 saturated heterocycles. The fraction of sp³-hybridized carbons (Fsp3) is 0.400. The first-order valence-corrected chi connectivity index (χ1v) is 7.38. The molecular formula is C15H16ClN3O. The van der Waals surface area contributed by atoms with Gasteiger partial charge >= 0.3 is 0 Å². The van der Waals surface area contributed by atoms with Gasteiger partial charge in [-0.3, -0.25) is 4.79 Å². The number of amides is 1. The third kappa shape index (κ3) is 1.91. The predicted molar refractivity (Wildman–Crippen MR) is 78.2 cm³/mol. The lowest BCUT2D eigenvalue weighted by atomic mass is 10.00. The van der Waals surface area contributed by atoms with Crippen LogP contribution in [0.15, 0.2) is 30.5 Å². The predicted octanol–water partition coefficient (Wildman–Crippen LogP) is 2.03. The summed E-state index contributed by atoms with van der Waals surface area (Å²) in [5, 5.41) is 3.84. The lowest BCUT2D eigenvalue weighted by Crippen LogP contribution is -2.43. The van der Waals surface area contributed by atoms with Gasteiger partial charge in [0.15, 0.2) is 0 Å². The van der Waals surface area contributed by atoms with E-state index >= 15 is 0 Å². The van der Waals surface area contributed by atoms with E-state index in [9.17, 15) is 4.79 Å². The van der Waals surface area contributed by atoms with Crippen molar-refractivity contribution in [3.63, 3.8) is 0 Å². The Balaban J connectivity index is 1.54. The molecule has 2 aliphatic rings. The molecule has 2 aliphatic heterocycles. The molecule has 0 aliphatic carbocycles. The fourth-order valence-corrected chi connectivity index (χ4v) is 3.63. The van der Waals surface area contributed by atoms with E-state index in [0.717, 1.165) is 18.6 Å². The molecule has 2 aromatic heterocycles. The number of piperidine rings is 1. The summed E-state index contributed by atoms with van der Waals surface area (Å²) in [7, 11) is 0. The number of hydrogen-bond acceptors (Lipinski definition) is 2. The van der Waals surface area contributed by atoms with Gasteiger partial charge in [0.25, 0.3) is 5.91 Å². The molecular weight excluding hydrogens is 274 g/mol. The van der Waals surface area contributed by atoms with Crippen LogP contribution in [0.5, 0.6) is 0 Å². The Kier molecular flexibility index (Phi) is 2.75. The lowest BCUT2D eigenvalue weighted by Gasteiger charge is -2.23. The maximum atomic E-state index is 12.4. The third-order valence-electron chi connectivity index (χ3n) is 4.52. The molecule has 3 unspecified atom stereocenters. The minimum atomic E-state index is 0.0172. The number of rotatable bonds is 2. The number of halogens is 1. The monoisotopic (exact) mass is 289 g/mol. The normalized spacial score (nSPS) is 28.1. The highest BCUT2D eigenvalue weighted by Crippen LogP contribution is 2.28. The zero-order valence-corrected chi connectivity index (χ0v) is 11.8. The van der Waals surface area contributed by atoms with Crippen molar-refractivity contribution in [2.75, 3.05) is 19.6 Å². The first kappa shape index (κ1) is 12.2. The third-order valence-corrected chi connectivity index (χ3v) is 4.83. The van der Waals surface area contributed by atoms with Crippen molar-refractivity contribution in [3.05, 3.63) is 41.2 Å². The summed E-state index contributed by atoms with van der Waals surface area (Å²) in [6.07, 6.45) is 3.05. The van der Waals surface area contributed by atoms with Crippen LogP contribution < -0.4 is 5.32 Å². The molecule has 20 heavy (non-hydrogen) atoms. The largest absolute Gasteiger partial charge is 0.348 e. The van der Waals surface area contributed by atoms with E-state index in [1.807, 2.05) is 34.9 Å². The maximum Gasteiger partial charge on any atom is 0.251 e. The van der Waals surface area contributed by atoms with Crippen LogP contribution in [-0.4, -0.2) is 40.9 Å². The van der Waals surface area contributed by atoms with E-state index < -0.39 is 0 Å². The number of nitrogens with zero attached hydrogens (tertiary/aromatic N) is 2. The average Bonchev–Trinajstić information content (AvgIpc) is 3.14. The van der Waals surface area contributed by atoms with Crippen LogP contribution in [0.4, 0.5) is 0 Å². The van der Waals surface area contributed by atoms with Crippen LogP contribution in [-0.2, 0) is 0 Å². The highest BCUT2D eigenvalue weighted by Gasteiger charge is 2.38. The van der Waals surface area contributed by atoms with Gasteiger partial charge in [0.1, 0.15) is 5.15 Å². The van der Waals surface area contributed by atoms with E-state index in [1.54, 1.807) is 0 Å². The zero-order chi connectivity index (χ0) is 13.7.